The van der Waals surface area contributed by atoms with Crippen LogP contribution in [-0.2, 0) is 11.2 Å². The predicted octanol–water partition coefficient (Wildman–Crippen LogP) is 3.19. The van der Waals surface area contributed by atoms with Crippen LogP contribution >= 0.6 is 0 Å². The largest absolute Gasteiger partial charge is 0.496 e. The number of rotatable bonds is 4. The number of ether oxygens (including phenoxy) is 1. The van der Waals surface area contributed by atoms with E-state index in [-0.39, 0.29) is 0 Å². The minimum absolute atomic E-state index is 0.296. The smallest absolute Gasteiger partial charge is 0.222 e. The lowest BCUT2D eigenvalue weighted by Crippen LogP contribution is -2.39. The topological polar surface area (TPSA) is 29.5 Å². The first-order chi connectivity index (χ1) is 9.60. The molecule has 20 heavy (non-hydrogen) atoms. The molecule has 0 saturated carbocycles. The summed E-state index contributed by atoms with van der Waals surface area (Å²) in [5.74, 6) is 1.85. The lowest BCUT2D eigenvalue weighted by molar-refractivity contribution is -0.132. The molecule has 0 radical (unpaired) electrons. The van der Waals surface area contributed by atoms with Gasteiger partial charge in [0.05, 0.1) is 7.11 Å². The standard InChI is InChI=1S/C17H25NO2/c1-13-5-4-10-18(12-13)17(19)9-7-15-6-8-16(20-3)14(2)11-15/h6,8,11,13H,4-5,7,9-10,12H2,1-3H3/t13-/m0/s1. The van der Waals surface area contributed by atoms with Crippen LogP contribution in [0.25, 0.3) is 0 Å². The third-order valence-corrected chi connectivity index (χ3v) is 4.10. The highest BCUT2D eigenvalue weighted by Gasteiger charge is 2.20. The average Bonchev–Trinajstić information content (AvgIpc) is 2.45. The molecule has 110 valence electrons. The Hall–Kier alpha value is -1.51. The van der Waals surface area contributed by atoms with Crippen LogP contribution in [0.3, 0.4) is 0 Å². The molecule has 1 heterocycles. The van der Waals surface area contributed by atoms with E-state index in [1.54, 1.807) is 7.11 Å². The Labute approximate surface area is 121 Å². The van der Waals surface area contributed by atoms with Gasteiger partial charge in [-0.05, 0) is 49.3 Å². The van der Waals surface area contributed by atoms with Gasteiger partial charge in [-0.15, -0.1) is 0 Å². The molecule has 0 N–H and O–H groups in total. The molecule has 0 unspecified atom stereocenters. The van der Waals surface area contributed by atoms with Gasteiger partial charge in [-0.2, -0.15) is 0 Å². The molecule has 0 spiro atoms. The van der Waals surface area contributed by atoms with Gasteiger partial charge in [0.15, 0.2) is 0 Å². The summed E-state index contributed by atoms with van der Waals surface area (Å²) in [5, 5.41) is 0. The second-order valence-corrected chi connectivity index (χ2v) is 5.89. The van der Waals surface area contributed by atoms with E-state index in [2.05, 4.69) is 19.1 Å². The van der Waals surface area contributed by atoms with E-state index in [0.717, 1.165) is 37.2 Å². The van der Waals surface area contributed by atoms with E-state index in [1.165, 1.54) is 12.0 Å². The molecule has 1 aromatic carbocycles. The summed E-state index contributed by atoms with van der Waals surface area (Å²) in [7, 11) is 1.68. The number of amides is 1. The van der Waals surface area contributed by atoms with Crippen LogP contribution < -0.4 is 4.74 Å². The molecule has 1 atom stereocenters. The Bertz CT molecular complexity index is 470. The summed E-state index contributed by atoms with van der Waals surface area (Å²) in [6, 6.07) is 6.15. The summed E-state index contributed by atoms with van der Waals surface area (Å²) >= 11 is 0. The quantitative estimate of drug-likeness (QED) is 0.844. The number of hydrogen-bond acceptors (Lipinski definition) is 2. The summed E-state index contributed by atoms with van der Waals surface area (Å²) in [6.45, 7) is 6.13. The highest BCUT2D eigenvalue weighted by molar-refractivity contribution is 5.76. The normalized spacial score (nSPS) is 18.9. The van der Waals surface area contributed by atoms with Crippen molar-refractivity contribution in [1.29, 1.82) is 0 Å². The van der Waals surface area contributed by atoms with Gasteiger partial charge in [0, 0.05) is 19.5 Å². The molecule has 2 rings (SSSR count). The number of benzene rings is 1. The monoisotopic (exact) mass is 275 g/mol. The van der Waals surface area contributed by atoms with Crippen LogP contribution in [0.15, 0.2) is 18.2 Å². The van der Waals surface area contributed by atoms with E-state index in [1.807, 2.05) is 17.9 Å². The molecule has 0 bridgehead atoms. The minimum Gasteiger partial charge on any atom is -0.496 e. The Kier molecular flexibility index (Phi) is 5.05. The average molecular weight is 275 g/mol. The summed E-state index contributed by atoms with van der Waals surface area (Å²) in [6.07, 6.45) is 3.82. The molecule has 0 aliphatic carbocycles. The van der Waals surface area contributed by atoms with E-state index in [0.29, 0.717) is 18.2 Å². The zero-order valence-electron chi connectivity index (χ0n) is 12.8. The first-order valence-corrected chi connectivity index (χ1v) is 7.51. The van der Waals surface area contributed by atoms with Crippen LogP contribution in [0.1, 0.15) is 37.3 Å². The van der Waals surface area contributed by atoms with Crippen molar-refractivity contribution < 1.29 is 9.53 Å². The zero-order chi connectivity index (χ0) is 14.5. The zero-order valence-corrected chi connectivity index (χ0v) is 12.8. The van der Waals surface area contributed by atoms with E-state index < -0.39 is 0 Å². The Morgan fingerprint density at radius 1 is 1.45 bits per heavy atom. The lowest BCUT2D eigenvalue weighted by atomic mass is 9.99. The molecule has 1 fully saturated rings. The second-order valence-electron chi connectivity index (χ2n) is 5.89. The van der Waals surface area contributed by atoms with Crippen molar-refractivity contribution in [1.82, 2.24) is 4.90 Å². The maximum atomic E-state index is 12.2. The second kappa shape index (κ2) is 6.78. The highest BCUT2D eigenvalue weighted by Crippen LogP contribution is 2.20. The van der Waals surface area contributed by atoms with Crippen molar-refractivity contribution >= 4 is 5.91 Å². The number of carbonyl (C=O) groups excluding carboxylic acids is 1. The fourth-order valence-corrected chi connectivity index (χ4v) is 2.92. The molecule has 1 aliphatic heterocycles. The summed E-state index contributed by atoms with van der Waals surface area (Å²) < 4.78 is 5.26. The van der Waals surface area contributed by atoms with Crippen molar-refractivity contribution in [3.8, 4) is 5.75 Å². The SMILES string of the molecule is COc1ccc(CCC(=O)N2CCC[C@H](C)C2)cc1C. The Morgan fingerprint density at radius 3 is 2.90 bits per heavy atom. The van der Waals surface area contributed by atoms with Gasteiger partial charge in [-0.3, -0.25) is 4.79 Å². The third kappa shape index (κ3) is 3.75. The van der Waals surface area contributed by atoms with Crippen LogP contribution in [0.5, 0.6) is 5.75 Å². The molecule has 3 nitrogen and oxygen atoms in total. The number of piperidine rings is 1. The van der Waals surface area contributed by atoms with Crippen molar-refractivity contribution in [2.24, 2.45) is 5.92 Å². The maximum Gasteiger partial charge on any atom is 0.222 e. The van der Waals surface area contributed by atoms with Gasteiger partial charge in [0.2, 0.25) is 5.91 Å². The molecule has 0 aromatic heterocycles. The Balaban J connectivity index is 1.88. The van der Waals surface area contributed by atoms with Crippen LogP contribution in [0.4, 0.5) is 0 Å². The molecule has 1 amide bonds. The number of methoxy groups -OCH3 is 1. The molecular weight excluding hydrogens is 250 g/mol. The summed E-state index contributed by atoms with van der Waals surface area (Å²) in [5.41, 5.74) is 2.34. The molecular formula is C17H25NO2. The van der Waals surface area contributed by atoms with Crippen LogP contribution in [0.2, 0.25) is 0 Å². The predicted molar refractivity (Wildman–Crippen MR) is 81.0 cm³/mol. The van der Waals surface area contributed by atoms with Gasteiger partial charge >= 0.3 is 0 Å². The van der Waals surface area contributed by atoms with Crippen LogP contribution in [-0.4, -0.2) is 31.0 Å². The highest BCUT2D eigenvalue weighted by atomic mass is 16.5. The van der Waals surface area contributed by atoms with E-state index in [4.69, 9.17) is 4.74 Å². The van der Waals surface area contributed by atoms with E-state index in [9.17, 15) is 4.79 Å². The van der Waals surface area contributed by atoms with Gasteiger partial charge in [0.1, 0.15) is 5.75 Å². The summed E-state index contributed by atoms with van der Waals surface area (Å²) in [4.78, 5) is 14.3. The first kappa shape index (κ1) is 14.9. The third-order valence-electron chi connectivity index (χ3n) is 4.10. The first-order valence-electron chi connectivity index (χ1n) is 7.51. The molecule has 1 aromatic rings. The fourth-order valence-electron chi connectivity index (χ4n) is 2.92. The molecule has 1 saturated heterocycles. The van der Waals surface area contributed by atoms with Crippen molar-refractivity contribution in [3.05, 3.63) is 29.3 Å². The van der Waals surface area contributed by atoms with Crippen molar-refractivity contribution in [2.75, 3.05) is 20.2 Å². The van der Waals surface area contributed by atoms with E-state index >= 15 is 0 Å². The maximum absolute atomic E-state index is 12.2. The van der Waals surface area contributed by atoms with Gasteiger partial charge in [-0.1, -0.05) is 19.1 Å². The fraction of sp³-hybridized carbons (Fsp3) is 0.588. The van der Waals surface area contributed by atoms with Gasteiger partial charge < -0.3 is 9.64 Å². The van der Waals surface area contributed by atoms with Crippen LogP contribution in [0, 0.1) is 12.8 Å². The van der Waals surface area contributed by atoms with Crippen molar-refractivity contribution in [3.63, 3.8) is 0 Å². The number of aryl methyl sites for hydroxylation is 2. The number of hydrogen-bond donors (Lipinski definition) is 0. The number of nitrogens with zero attached hydrogens (tertiary/aromatic N) is 1. The van der Waals surface area contributed by atoms with Gasteiger partial charge in [0.25, 0.3) is 0 Å². The number of carbonyl (C=O) groups is 1. The minimum atomic E-state index is 0.296. The van der Waals surface area contributed by atoms with Crippen molar-refractivity contribution in [2.45, 2.75) is 39.5 Å². The lowest BCUT2D eigenvalue weighted by Gasteiger charge is -2.31. The molecule has 3 heteroatoms. The molecule has 1 aliphatic rings. The number of likely N-dealkylation sites (tertiary alicyclic amines) is 1. The Morgan fingerprint density at radius 2 is 2.25 bits per heavy atom. The van der Waals surface area contributed by atoms with Gasteiger partial charge in [-0.25, -0.2) is 0 Å².